The number of H-pyrrole nitrogens is 1. The van der Waals surface area contributed by atoms with Crippen molar-refractivity contribution in [3.8, 4) is 5.69 Å². The van der Waals surface area contributed by atoms with Gasteiger partial charge in [0.05, 0.1) is 27.2 Å². The van der Waals surface area contributed by atoms with Gasteiger partial charge in [-0.3, -0.25) is 24.2 Å². The van der Waals surface area contributed by atoms with Gasteiger partial charge >= 0.3 is 0 Å². The first kappa shape index (κ1) is 17.1. The van der Waals surface area contributed by atoms with Gasteiger partial charge in [-0.15, -0.1) is 0 Å². The van der Waals surface area contributed by atoms with Gasteiger partial charge in [0.25, 0.3) is 22.2 Å². The number of hydrogen-bond donors (Lipinski definition) is 1. The molecule has 29 heavy (non-hydrogen) atoms. The van der Waals surface area contributed by atoms with E-state index in [-0.39, 0.29) is 21.5 Å². The van der Waals surface area contributed by atoms with E-state index in [4.69, 9.17) is 0 Å². The normalized spacial score (nSPS) is 11.4. The molecule has 0 saturated carbocycles. The van der Waals surface area contributed by atoms with Crippen LogP contribution >= 0.6 is 0 Å². The lowest BCUT2D eigenvalue weighted by atomic mass is 10.0. The Balaban J connectivity index is 1.63. The third-order valence-electron chi connectivity index (χ3n) is 5.19. The number of aromatic amines is 1. The van der Waals surface area contributed by atoms with Crippen molar-refractivity contribution in [3.05, 3.63) is 119 Å². The maximum Gasteiger partial charge on any atom is 0.266 e. The lowest BCUT2D eigenvalue weighted by Crippen LogP contribution is -2.23. The number of rotatable bonds is 3. The van der Waals surface area contributed by atoms with E-state index < -0.39 is 22.2 Å². The summed E-state index contributed by atoms with van der Waals surface area (Å²) in [6, 6.07) is 19.9. The van der Waals surface area contributed by atoms with E-state index in [1.165, 1.54) is 17.7 Å². The van der Waals surface area contributed by atoms with Crippen molar-refractivity contribution in [1.82, 2.24) is 9.55 Å². The van der Waals surface area contributed by atoms with Crippen LogP contribution in [0.3, 0.4) is 0 Å². The van der Waals surface area contributed by atoms with Crippen LogP contribution < -0.4 is 22.2 Å². The second kappa shape index (κ2) is 6.24. The zero-order valence-electron chi connectivity index (χ0n) is 15.1. The Morgan fingerprint density at radius 2 is 1.14 bits per heavy atom. The molecule has 0 radical (unpaired) electrons. The zero-order chi connectivity index (χ0) is 20.1. The van der Waals surface area contributed by atoms with Crippen molar-refractivity contribution in [2.45, 2.75) is 6.42 Å². The van der Waals surface area contributed by atoms with Crippen LogP contribution in [0.2, 0.25) is 0 Å². The minimum atomic E-state index is -0.559. The summed E-state index contributed by atoms with van der Waals surface area (Å²) < 4.78 is 1.08. The summed E-state index contributed by atoms with van der Waals surface area (Å²) in [6.07, 6.45) is 0.743. The van der Waals surface area contributed by atoms with Crippen LogP contribution in [0.1, 0.15) is 11.1 Å². The fraction of sp³-hybridized carbons (Fsp3) is 0.0435. The number of aromatic nitrogens is 2. The summed E-state index contributed by atoms with van der Waals surface area (Å²) in [5, 5.41) is 0.504. The maximum atomic E-state index is 12.9. The number of nitrogens with zero attached hydrogens (tertiary/aromatic N) is 1. The molecule has 3 aromatic carbocycles. The predicted octanol–water partition coefficient (Wildman–Crippen LogP) is 2.02. The number of hydrogen-bond acceptors (Lipinski definition) is 4. The molecular weight excluding hydrogens is 368 g/mol. The average molecular weight is 382 g/mol. The third-order valence-corrected chi connectivity index (χ3v) is 5.19. The van der Waals surface area contributed by atoms with Crippen molar-refractivity contribution in [3.63, 3.8) is 0 Å². The molecule has 1 N–H and O–H groups in total. The summed E-state index contributed by atoms with van der Waals surface area (Å²) in [4.78, 5) is 51.6. The molecule has 0 bridgehead atoms. The quantitative estimate of drug-likeness (QED) is 0.517. The van der Waals surface area contributed by atoms with E-state index in [2.05, 4.69) is 4.98 Å². The Morgan fingerprint density at radius 3 is 1.69 bits per heavy atom. The molecule has 5 rings (SSSR count). The number of benzene rings is 3. The first-order valence-electron chi connectivity index (χ1n) is 9.08. The summed E-state index contributed by atoms with van der Waals surface area (Å²) in [5.74, 6) is 0. The van der Waals surface area contributed by atoms with Crippen molar-refractivity contribution in [2.75, 3.05) is 0 Å². The Labute approximate surface area is 163 Å². The van der Waals surface area contributed by atoms with Gasteiger partial charge in [0.1, 0.15) is 0 Å². The molecule has 0 amide bonds. The van der Waals surface area contributed by atoms with Gasteiger partial charge in [-0.05, 0) is 41.8 Å². The second-order valence-electron chi connectivity index (χ2n) is 7.00. The van der Waals surface area contributed by atoms with Crippen molar-refractivity contribution >= 4 is 21.5 Å². The number of nitrogens with one attached hydrogen (secondary N) is 1. The van der Waals surface area contributed by atoms with Gasteiger partial charge in [-0.1, -0.05) is 42.5 Å². The fourth-order valence-corrected chi connectivity index (χ4v) is 3.73. The van der Waals surface area contributed by atoms with Gasteiger partial charge in [0, 0.05) is 0 Å². The van der Waals surface area contributed by atoms with Gasteiger partial charge in [0.2, 0.25) is 0 Å². The Kier molecular flexibility index (Phi) is 3.67. The molecule has 0 aliphatic rings. The van der Waals surface area contributed by atoms with Crippen LogP contribution in [0.4, 0.5) is 0 Å². The minimum Gasteiger partial charge on any atom is -0.288 e. The highest BCUT2D eigenvalue weighted by atomic mass is 16.2. The molecule has 0 spiro atoms. The Morgan fingerprint density at radius 1 is 0.621 bits per heavy atom. The monoisotopic (exact) mass is 382 g/mol. The van der Waals surface area contributed by atoms with Crippen LogP contribution in [0.5, 0.6) is 0 Å². The van der Waals surface area contributed by atoms with E-state index >= 15 is 0 Å². The SMILES string of the molecule is O=c1[nH]c(=O)c2cc3c(=O)n(-c4ccc(Cc5ccccc5)cc4)c(=O)c3cc12. The van der Waals surface area contributed by atoms with Gasteiger partial charge in [-0.2, -0.15) is 0 Å². The van der Waals surface area contributed by atoms with Crippen molar-refractivity contribution < 1.29 is 0 Å². The largest absolute Gasteiger partial charge is 0.288 e. The maximum absolute atomic E-state index is 12.9. The molecular formula is C23H14N2O4. The van der Waals surface area contributed by atoms with Crippen molar-refractivity contribution in [2.24, 2.45) is 0 Å². The highest BCUT2D eigenvalue weighted by molar-refractivity contribution is 5.97. The van der Waals surface area contributed by atoms with E-state index in [1.54, 1.807) is 12.1 Å². The summed E-state index contributed by atoms with van der Waals surface area (Å²) in [6.45, 7) is 0. The molecule has 0 unspecified atom stereocenters. The highest BCUT2D eigenvalue weighted by Crippen LogP contribution is 2.16. The van der Waals surface area contributed by atoms with Gasteiger partial charge in [0.15, 0.2) is 0 Å². The molecule has 6 heteroatoms. The van der Waals surface area contributed by atoms with Crippen LogP contribution in [0.25, 0.3) is 27.2 Å². The Hall–Kier alpha value is -4.06. The minimum absolute atomic E-state index is 0.120. The average Bonchev–Trinajstić information content (AvgIpc) is 3.15. The lowest BCUT2D eigenvalue weighted by molar-refractivity contribution is 0.988. The van der Waals surface area contributed by atoms with Gasteiger partial charge < -0.3 is 0 Å². The predicted molar refractivity (Wildman–Crippen MR) is 112 cm³/mol. The van der Waals surface area contributed by atoms with E-state index in [1.807, 2.05) is 42.5 Å². The van der Waals surface area contributed by atoms with Crippen LogP contribution in [-0.4, -0.2) is 9.55 Å². The highest BCUT2D eigenvalue weighted by Gasteiger charge is 2.17. The molecule has 0 fully saturated rings. The first-order valence-corrected chi connectivity index (χ1v) is 9.08. The van der Waals surface area contributed by atoms with E-state index in [9.17, 15) is 19.2 Å². The Bertz CT molecular complexity index is 1510. The zero-order valence-corrected chi connectivity index (χ0v) is 15.1. The van der Waals surface area contributed by atoms with Gasteiger partial charge in [-0.25, -0.2) is 4.57 Å². The summed E-state index contributed by atoms with van der Waals surface area (Å²) >= 11 is 0. The summed E-state index contributed by atoms with van der Waals surface area (Å²) in [5.41, 5.74) is 0.542. The standard InChI is InChI=1S/C23H14N2O4/c26-20-16-11-18-19(12-17(16)21(27)24-20)23(29)25(22(18)28)15-8-6-14(7-9-15)10-13-4-2-1-3-5-13/h1-9,11-12H,10H2,(H,24,26,27). The third kappa shape index (κ3) is 2.65. The fourth-order valence-electron chi connectivity index (χ4n) is 3.73. The number of fused-ring (bicyclic) bond motifs is 2. The molecule has 140 valence electrons. The molecule has 0 saturated heterocycles. The van der Waals surface area contributed by atoms with Crippen LogP contribution in [-0.2, 0) is 6.42 Å². The first-order chi connectivity index (χ1) is 14.0. The van der Waals surface area contributed by atoms with E-state index in [0.29, 0.717) is 5.69 Å². The smallest absolute Gasteiger partial charge is 0.266 e. The lowest BCUT2D eigenvalue weighted by Gasteiger charge is -2.04. The molecule has 6 nitrogen and oxygen atoms in total. The topological polar surface area (TPSA) is 89.0 Å². The molecule has 0 aliphatic carbocycles. The molecule has 2 heterocycles. The molecule has 0 atom stereocenters. The van der Waals surface area contributed by atoms with Crippen LogP contribution in [0, 0.1) is 0 Å². The molecule has 5 aromatic rings. The van der Waals surface area contributed by atoms with Crippen molar-refractivity contribution in [1.29, 1.82) is 0 Å². The van der Waals surface area contributed by atoms with Crippen LogP contribution in [0.15, 0.2) is 85.9 Å². The molecule has 0 aliphatic heterocycles. The second-order valence-corrected chi connectivity index (χ2v) is 7.00. The van der Waals surface area contributed by atoms with E-state index in [0.717, 1.165) is 16.6 Å². The summed E-state index contributed by atoms with van der Waals surface area (Å²) in [7, 11) is 0. The molecule has 2 aromatic heterocycles.